The van der Waals surface area contributed by atoms with E-state index in [-0.39, 0.29) is 11.0 Å². The van der Waals surface area contributed by atoms with E-state index in [1.165, 1.54) is 11.8 Å². The molecule has 0 aliphatic carbocycles. The molecule has 0 unspecified atom stereocenters. The second-order valence-corrected chi connectivity index (χ2v) is 6.00. The van der Waals surface area contributed by atoms with Gasteiger partial charge in [-0.05, 0) is 17.5 Å². The molecule has 0 aliphatic rings. The largest absolute Gasteiger partial charge is 0.475 e. The van der Waals surface area contributed by atoms with E-state index in [2.05, 4.69) is 20.8 Å². The van der Waals surface area contributed by atoms with Crippen LogP contribution in [0.15, 0.2) is 29.2 Å². The topological polar surface area (TPSA) is 54.4 Å². The molecule has 17 heavy (non-hydrogen) atoms. The number of ketones is 1. The number of aliphatic carboxylic acids is 1. The number of hydrogen-bond donors (Lipinski definition) is 1. The molecule has 4 heteroatoms. The van der Waals surface area contributed by atoms with Crippen molar-refractivity contribution in [2.75, 3.05) is 5.75 Å². The SMILES string of the molecule is CC(C)(C)CSc1ccccc1C(=O)C(=O)O. The molecule has 0 atom stereocenters. The summed E-state index contributed by atoms with van der Waals surface area (Å²) in [4.78, 5) is 22.9. The van der Waals surface area contributed by atoms with Crippen molar-refractivity contribution in [3.8, 4) is 0 Å². The number of rotatable bonds is 4. The van der Waals surface area contributed by atoms with Crippen LogP contribution in [-0.2, 0) is 4.79 Å². The molecular weight excluding hydrogens is 236 g/mol. The van der Waals surface area contributed by atoms with Crippen LogP contribution in [0.4, 0.5) is 0 Å². The Morgan fingerprint density at radius 1 is 1.24 bits per heavy atom. The van der Waals surface area contributed by atoms with Crippen LogP contribution in [0.1, 0.15) is 31.1 Å². The average Bonchev–Trinajstić information content (AvgIpc) is 2.24. The summed E-state index contributed by atoms with van der Waals surface area (Å²) in [5.41, 5.74) is 0.401. The first kappa shape index (κ1) is 13.8. The van der Waals surface area contributed by atoms with Gasteiger partial charge in [0.15, 0.2) is 0 Å². The summed E-state index contributed by atoms with van der Waals surface area (Å²) in [7, 11) is 0. The van der Waals surface area contributed by atoms with E-state index in [9.17, 15) is 9.59 Å². The number of benzene rings is 1. The first-order valence-electron chi connectivity index (χ1n) is 5.31. The fraction of sp³-hybridized carbons (Fsp3) is 0.385. The third-order valence-electron chi connectivity index (χ3n) is 1.99. The Hall–Kier alpha value is -1.29. The summed E-state index contributed by atoms with van der Waals surface area (Å²) in [6, 6.07) is 6.83. The molecule has 92 valence electrons. The number of thioether (sulfide) groups is 1. The van der Waals surface area contributed by atoms with E-state index in [0.717, 1.165) is 10.6 Å². The summed E-state index contributed by atoms with van der Waals surface area (Å²) in [6.07, 6.45) is 0. The van der Waals surface area contributed by atoms with Crippen LogP contribution < -0.4 is 0 Å². The molecule has 1 aromatic rings. The highest BCUT2D eigenvalue weighted by Crippen LogP contribution is 2.29. The zero-order valence-electron chi connectivity index (χ0n) is 10.2. The Morgan fingerprint density at radius 2 is 1.82 bits per heavy atom. The summed E-state index contributed by atoms with van der Waals surface area (Å²) >= 11 is 1.52. The van der Waals surface area contributed by atoms with Crippen LogP contribution in [0.2, 0.25) is 0 Å². The molecule has 0 bridgehead atoms. The standard InChI is InChI=1S/C13H16O3S/c1-13(2,3)8-17-10-7-5-4-6-9(10)11(14)12(15)16/h4-7H,8H2,1-3H3,(H,15,16). The zero-order chi connectivity index (χ0) is 13.1. The third-order valence-corrected chi connectivity index (χ3v) is 3.66. The second kappa shape index (κ2) is 5.36. The number of carboxylic acids is 1. The molecule has 0 radical (unpaired) electrons. The highest BCUT2D eigenvalue weighted by Gasteiger charge is 2.19. The lowest BCUT2D eigenvalue weighted by Crippen LogP contribution is -2.14. The van der Waals surface area contributed by atoms with Crippen molar-refractivity contribution < 1.29 is 14.7 Å². The molecule has 0 aromatic heterocycles. The Labute approximate surface area is 105 Å². The van der Waals surface area contributed by atoms with Gasteiger partial charge in [-0.15, -0.1) is 11.8 Å². The lowest BCUT2D eigenvalue weighted by Gasteiger charge is -2.18. The summed E-state index contributed by atoms with van der Waals surface area (Å²) < 4.78 is 0. The molecule has 0 spiro atoms. The van der Waals surface area contributed by atoms with Gasteiger partial charge in [0, 0.05) is 16.2 Å². The van der Waals surface area contributed by atoms with E-state index < -0.39 is 11.8 Å². The smallest absolute Gasteiger partial charge is 0.377 e. The number of Topliss-reactive ketones (excluding diaryl/α,β-unsaturated/α-hetero) is 1. The van der Waals surface area contributed by atoms with Gasteiger partial charge >= 0.3 is 5.97 Å². The highest BCUT2D eigenvalue weighted by molar-refractivity contribution is 7.99. The Kier molecular flexibility index (Phi) is 4.34. The monoisotopic (exact) mass is 252 g/mol. The van der Waals surface area contributed by atoms with Gasteiger partial charge in [0.1, 0.15) is 0 Å². The maximum atomic E-state index is 11.5. The van der Waals surface area contributed by atoms with Crippen molar-refractivity contribution in [3.63, 3.8) is 0 Å². The van der Waals surface area contributed by atoms with Gasteiger partial charge in [-0.1, -0.05) is 32.9 Å². The van der Waals surface area contributed by atoms with E-state index in [4.69, 9.17) is 5.11 Å². The molecule has 0 fully saturated rings. The van der Waals surface area contributed by atoms with E-state index in [1.54, 1.807) is 18.2 Å². The van der Waals surface area contributed by atoms with Crippen molar-refractivity contribution in [3.05, 3.63) is 29.8 Å². The first-order chi connectivity index (χ1) is 7.81. The molecule has 0 saturated carbocycles. The van der Waals surface area contributed by atoms with Crippen LogP contribution in [0, 0.1) is 5.41 Å². The summed E-state index contributed by atoms with van der Waals surface area (Å²) in [5, 5.41) is 8.73. The van der Waals surface area contributed by atoms with Gasteiger partial charge in [0.25, 0.3) is 5.78 Å². The van der Waals surface area contributed by atoms with Crippen LogP contribution in [-0.4, -0.2) is 22.6 Å². The van der Waals surface area contributed by atoms with Gasteiger partial charge < -0.3 is 5.11 Å². The average molecular weight is 252 g/mol. The molecule has 0 saturated heterocycles. The van der Waals surface area contributed by atoms with Gasteiger partial charge in [0.2, 0.25) is 0 Å². The van der Waals surface area contributed by atoms with Crippen molar-refractivity contribution >= 4 is 23.5 Å². The first-order valence-corrected chi connectivity index (χ1v) is 6.29. The van der Waals surface area contributed by atoms with Gasteiger partial charge in [0.05, 0.1) is 0 Å². The predicted molar refractivity (Wildman–Crippen MR) is 68.6 cm³/mol. The lowest BCUT2D eigenvalue weighted by molar-refractivity contribution is -0.131. The van der Waals surface area contributed by atoms with Crippen LogP contribution >= 0.6 is 11.8 Å². The van der Waals surface area contributed by atoms with Crippen molar-refractivity contribution in [1.82, 2.24) is 0 Å². The number of hydrogen-bond acceptors (Lipinski definition) is 3. The minimum Gasteiger partial charge on any atom is -0.475 e. The molecule has 0 aliphatic heterocycles. The predicted octanol–water partition coefficient (Wildman–Crippen LogP) is 3.09. The van der Waals surface area contributed by atoms with Crippen molar-refractivity contribution in [2.24, 2.45) is 5.41 Å². The summed E-state index contributed by atoms with van der Waals surface area (Å²) in [5.74, 6) is -1.42. The van der Waals surface area contributed by atoms with Crippen LogP contribution in [0.25, 0.3) is 0 Å². The van der Waals surface area contributed by atoms with Gasteiger partial charge in [-0.3, -0.25) is 4.79 Å². The quantitative estimate of drug-likeness (QED) is 0.508. The maximum Gasteiger partial charge on any atom is 0.377 e. The number of carbonyl (C=O) groups is 2. The highest BCUT2D eigenvalue weighted by atomic mass is 32.2. The normalized spacial score (nSPS) is 11.2. The van der Waals surface area contributed by atoms with E-state index in [1.807, 2.05) is 6.07 Å². The molecule has 1 rings (SSSR count). The zero-order valence-corrected chi connectivity index (χ0v) is 11.0. The molecule has 1 N–H and O–H groups in total. The molecule has 0 heterocycles. The van der Waals surface area contributed by atoms with Gasteiger partial charge in [-0.25, -0.2) is 4.79 Å². The molecular formula is C13H16O3S. The molecule has 0 amide bonds. The van der Waals surface area contributed by atoms with Crippen molar-refractivity contribution in [1.29, 1.82) is 0 Å². The third kappa shape index (κ3) is 4.23. The number of carbonyl (C=O) groups excluding carboxylic acids is 1. The minimum atomic E-state index is -1.41. The van der Waals surface area contributed by atoms with Gasteiger partial charge in [-0.2, -0.15) is 0 Å². The Bertz CT molecular complexity index is 433. The van der Waals surface area contributed by atoms with E-state index in [0.29, 0.717) is 0 Å². The van der Waals surface area contributed by atoms with Crippen LogP contribution in [0.5, 0.6) is 0 Å². The van der Waals surface area contributed by atoms with Crippen molar-refractivity contribution in [2.45, 2.75) is 25.7 Å². The second-order valence-electron chi connectivity index (χ2n) is 4.98. The van der Waals surface area contributed by atoms with Crippen LogP contribution in [0.3, 0.4) is 0 Å². The number of carboxylic acid groups (broad SMARTS) is 1. The van der Waals surface area contributed by atoms with E-state index >= 15 is 0 Å². The fourth-order valence-electron chi connectivity index (χ4n) is 1.19. The molecule has 1 aromatic carbocycles. The molecule has 3 nitrogen and oxygen atoms in total. The summed E-state index contributed by atoms with van der Waals surface area (Å²) in [6.45, 7) is 6.30. The maximum absolute atomic E-state index is 11.5. The Balaban J connectivity index is 2.93. The lowest BCUT2D eigenvalue weighted by atomic mass is 10.0. The Morgan fingerprint density at radius 3 is 2.35 bits per heavy atom. The minimum absolute atomic E-state index is 0.129. The fourth-order valence-corrected chi connectivity index (χ4v) is 2.27.